The molecule has 4 rings (SSSR count). The molecule has 6 heteroatoms. The van der Waals surface area contributed by atoms with Gasteiger partial charge in [-0.3, -0.25) is 14.5 Å². The Morgan fingerprint density at radius 1 is 1.00 bits per heavy atom. The molecule has 0 spiro atoms. The van der Waals surface area contributed by atoms with Gasteiger partial charge in [0.05, 0.1) is 6.54 Å². The molecule has 5 nitrogen and oxygen atoms in total. The zero-order valence-corrected chi connectivity index (χ0v) is 16.4. The Balaban J connectivity index is 1.30. The number of rotatable bonds is 9. The van der Waals surface area contributed by atoms with Gasteiger partial charge in [-0.1, -0.05) is 30.3 Å². The first-order valence-electron chi connectivity index (χ1n) is 10.2. The Bertz CT molecular complexity index is 876. The number of hydrogen-bond donors (Lipinski definition) is 2. The second kappa shape index (κ2) is 8.74. The van der Waals surface area contributed by atoms with Gasteiger partial charge in [-0.05, 0) is 49.4 Å². The maximum atomic E-state index is 13.7. The molecule has 152 valence electrons. The van der Waals surface area contributed by atoms with Crippen molar-refractivity contribution in [3.8, 4) is 0 Å². The summed E-state index contributed by atoms with van der Waals surface area (Å²) in [5.74, 6) is -0.441. The Morgan fingerprint density at radius 2 is 1.72 bits per heavy atom. The molecular formula is C23H26FN3O2. The normalized spacial score (nSPS) is 15.9. The molecular weight excluding hydrogens is 369 g/mol. The number of carbonyl (C=O) groups excluding carboxylic acids is 2. The zero-order valence-electron chi connectivity index (χ0n) is 16.4. The van der Waals surface area contributed by atoms with Gasteiger partial charge in [0.15, 0.2) is 0 Å². The van der Waals surface area contributed by atoms with E-state index in [1.807, 2.05) is 24.3 Å². The largest absolute Gasteiger partial charge is 0.351 e. The van der Waals surface area contributed by atoms with Gasteiger partial charge in [0.1, 0.15) is 5.82 Å². The van der Waals surface area contributed by atoms with E-state index in [1.54, 1.807) is 18.2 Å². The first kappa shape index (κ1) is 19.6. The molecule has 2 aliphatic rings. The van der Waals surface area contributed by atoms with Crippen LogP contribution in [0.15, 0.2) is 48.5 Å². The van der Waals surface area contributed by atoms with E-state index in [9.17, 15) is 14.0 Å². The van der Waals surface area contributed by atoms with Crippen molar-refractivity contribution in [1.29, 1.82) is 0 Å². The molecule has 0 aliphatic heterocycles. The predicted octanol–water partition coefficient (Wildman–Crippen LogP) is 3.00. The van der Waals surface area contributed by atoms with E-state index in [-0.39, 0.29) is 30.7 Å². The highest BCUT2D eigenvalue weighted by atomic mass is 19.1. The van der Waals surface area contributed by atoms with Crippen molar-refractivity contribution in [3.05, 3.63) is 71.0 Å². The minimum Gasteiger partial charge on any atom is -0.351 e. The second-order valence-electron chi connectivity index (χ2n) is 7.95. The SMILES string of the molecule is O=C(CN(Cc1ccc(C(=O)NC2CC2)cc1)C1CC1)NCc1ccccc1F. The second-order valence-corrected chi connectivity index (χ2v) is 7.95. The number of hydrogen-bond acceptors (Lipinski definition) is 3. The Kier molecular flexibility index (Phi) is 5.90. The van der Waals surface area contributed by atoms with Crippen LogP contribution in [0.4, 0.5) is 4.39 Å². The number of amides is 2. The summed E-state index contributed by atoms with van der Waals surface area (Å²) < 4.78 is 13.7. The van der Waals surface area contributed by atoms with Gasteiger partial charge >= 0.3 is 0 Å². The highest BCUT2D eigenvalue weighted by Crippen LogP contribution is 2.28. The van der Waals surface area contributed by atoms with Crippen LogP contribution in [-0.4, -0.2) is 35.3 Å². The lowest BCUT2D eigenvalue weighted by Gasteiger charge is -2.21. The summed E-state index contributed by atoms with van der Waals surface area (Å²) >= 11 is 0. The smallest absolute Gasteiger partial charge is 0.251 e. The van der Waals surface area contributed by atoms with Crippen LogP contribution in [0.5, 0.6) is 0 Å². The molecule has 0 heterocycles. The fourth-order valence-corrected chi connectivity index (χ4v) is 3.32. The van der Waals surface area contributed by atoms with Gasteiger partial charge in [0.2, 0.25) is 5.91 Å². The summed E-state index contributed by atoms with van der Waals surface area (Å²) in [6, 6.07) is 14.8. The van der Waals surface area contributed by atoms with Crippen LogP contribution in [0.2, 0.25) is 0 Å². The van der Waals surface area contributed by atoms with Crippen LogP contribution in [0.1, 0.15) is 47.2 Å². The van der Waals surface area contributed by atoms with E-state index in [1.165, 1.54) is 6.07 Å². The molecule has 0 atom stereocenters. The van der Waals surface area contributed by atoms with Crippen molar-refractivity contribution in [2.45, 2.75) is 50.9 Å². The number of nitrogens with zero attached hydrogens (tertiary/aromatic N) is 1. The van der Waals surface area contributed by atoms with E-state index < -0.39 is 0 Å². The lowest BCUT2D eigenvalue weighted by molar-refractivity contribution is -0.122. The molecule has 0 unspecified atom stereocenters. The van der Waals surface area contributed by atoms with E-state index >= 15 is 0 Å². The average molecular weight is 395 g/mol. The van der Waals surface area contributed by atoms with E-state index in [0.717, 1.165) is 31.2 Å². The van der Waals surface area contributed by atoms with Crippen LogP contribution in [0.3, 0.4) is 0 Å². The molecule has 2 fully saturated rings. The van der Waals surface area contributed by atoms with E-state index in [2.05, 4.69) is 15.5 Å². The molecule has 29 heavy (non-hydrogen) atoms. The molecule has 2 amide bonds. The summed E-state index contributed by atoms with van der Waals surface area (Å²) in [4.78, 5) is 26.6. The van der Waals surface area contributed by atoms with E-state index in [4.69, 9.17) is 0 Å². The molecule has 2 aliphatic carbocycles. The quantitative estimate of drug-likeness (QED) is 0.686. The van der Waals surface area contributed by atoms with Crippen molar-refractivity contribution in [3.63, 3.8) is 0 Å². The molecule has 0 aromatic heterocycles. The van der Waals surface area contributed by atoms with Crippen molar-refractivity contribution in [1.82, 2.24) is 15.5 Å². The summed E-state index contributed by atoms with van der Waals surface area (Å²) in [6.07, 6.45) is 4.31. The summed E-state index contributed by atoms with van der Waals surface area (Å²) in [5, 5.41) is 5.80. The third-order valence-electron chi connectivity index (χ3n) is 5.36. The first-order valence-corrected chi connectivity index (χ1v) is 10.2. The Hall–Kier alpha value is -2.73. The standard InChI is InChI=1S/C23H26FN3O2/c24-21-4-2-1-3-18(21)13-25-22(28)15-27(20-11-12-20)14-16-5-7-17(8-6-16)23(29)26-19-9-10-19/h1-8,19-20H,9-15H2,(H,25,28)(H,26,29). The monoisotopic (exact) mass is 395 g/mol. The van der Waals surface area contributed by atoms with Gasteiger partial charge in [-0.25, -0.2) is 4.39 Å². The fraction of sp³-hybridized carbons (Fsp3) is 0.391. The summed E-state index contributed by atoms with van der Waals surface area (Å²) in [6.45, 7) is 1.13. The topological polar surface area (TPSA) is 61.4 Å². The van der Waals surface area contributed by atoms with Gasteiger partial charge < -0.3 is 10.6 Å². The molecule has 2 aromatic rings. The average Bonchev–Trinajstić information content (AvgIpc) is 3.61. The maximum Gasteiger partial charge on any atom is 0.251 e. The van der Waals surface area contributed by atoms with Crippen molar-refractivity contribution >= 4 is 11.8 Å². The summed E-state index contributed by atoms with van der Waals surface area (Å²) in [7, 11) is 0. The highest BCUT2D eigenvalue weighted by molar-refractivity contribution is 5.94. The van der Waals surface area contributed by atoms with Gasteiger partial charge in [0.25, 0.3) is 5.91 Å². The van der Waals surface area contributed by atoms with Gasteiger partial charge in [0, 0.05) is 36.3 Å². The molecule has 0 radical (unpaired) electrons. The van der Waals surface area contributed by atoms with Crippen molar-refractivity contribution < 1.29 is 14.0 Å². The Labute approximate surface area is 170 Å². The molecule has 0 bridgehead atoms. The van der Waals surface area contributed by atoms with E-state index in [0.29, 0.717) is 29.8 Å². The first-order chi connectivity index (χ1) is 14.1. The number of carbonyl (C=O) groups is 2. The number of nitrogens with one attached hydrogen (secondary N) is 2. The molecule has 0 saturated heterocycles. The highest BCUT2D eigenvalue weighted by Gasteiger charge is 2.30. The maximum absolute atomic E-state index is 13.7. The zero-order chi connectivity index (χ0) is 20.2. The molecule has 2 aromatic carbocycles. The van der Waals surface area contributed by atoms with Crippen LogP contribution < -0.4 is 10.6 Å². The van der Waals surface area contributed by atoms with Crippen molar-refractivity contribution in [2.75, 3.05) is 6.54 Å². The minimum absolute atomic E-state index is 0.0226. The van der Waals surface area contributed by atoms with Gasteiger partial charge in [-0.15, -0.1) is 0 Å². The Morgan fingerprint density at radius 3 is 2.38 bits per heavy atom. The number of halogens is 1. The molecule has 2 N–H and O–H groups in total. The van der Waals surface area contributed by atoms with Crippen LogP contribution in [0.25, 0.3) is 0 Å². The van der Waals surface area contributed by atoms with Crippen molar-refractivity contribution in [2.24, 2.45) is 0 Å². The number of benzene rings is 2. The third-order valence-corrected chi connectivity index (χ3v) is 5.36. The summed E-state index contributed by atoms with van der Waals surface area (Å²) in [5.41, 5.74) is 2.22. The molecule has 2 saturated carbocycles. The third kappa shape index (κ3) is 5.64. The fourth-order valence-electron chi connectivity index (χ4n) is 3.32. The minimum atomic E-state index is -0.308. The van der Waals surface area contributed by atoms with Crippen LogP contribution in [0, 0.1) is 5.82 Å². The van der Waals surface area contributed by atoms with Gasteiger partial charge in [-0.2, -0.15) is 0 Å². The van der Waals surface area contributed by atoms with Crippen LogP contribution in [-0.2, 0) is 17.9 Å². The lowest BCUT2D eigenvalue weighted by atomic mass is 10.1. The van der Waals surface area contributed by atoms with Crippen LogP contribution >= 0.6 is 0 Å². The lowest BCUT2D eigenvalue weighted by Crippen LogP contribution is -2.38. The predicted molar refractivity (Wildman–Crippen MR) is 109 cm³/mol.